The number of rotatable bonds is 2. The van der Waals surface area contributed by atoms with Crippen LogP contribution in [-0.2, 0) is 4.79 Å². The lowest BCUT2D eigenvalue weighted by atomic mass is 9.99. The van der Waals surface area contributed by atoms with Crippen LogP contribution in [0.1, 0.15) is 18.9 Å². The van der Waals surface area contributed by atoms with E-state index < -0.39 is 0 Å². The Morgan fingerprint density at radius 3 is 3.00 bits per heavy atom. The minimum atomic E-state index is 0.0977. The van der Waals surface area contributed by atoms with Gasteiger partial charge in [0, 0.05) is 32.0 Å². The summed E-state index contributed by atoms with van der Waals surface area (Å²) in [5, 5.41) is 7.15. The van der Waals surface area contributed by atoms with Gasteiger partial charge in [-0.3, -0.25) is 14.4 Å². The quantitative estimate of drug-likeness (QED) is 0.764. The summed E-state index contributed by atoms with van der Waals surface area (Å²) in [4.78, 5) is 13.9. The third-order valence-electron chi connectivity index (χ3n) is 3.49. The average Bonchev–Trinajstić information content (AvgIpc) is 2.72. The topological polar surface area (TPSA) is 50.2 Å². The van der Waals surface area contributed by atoms with Crippen molar-refractivity contribution in [3.05, 3.63) is 18.5 Å². The predicted octanol–water partition coefficient (Wildman–Crippen LogP) is 0.0184. The highest BCUT2D eigenvalue weighted by atomic mass is 16.2. The largest absolute Gasteiger partial charge is 0.355 e. The molecule has 0 aliphatic carbocycles. The molecule has 0 bridgehead atoms. The molecule has 5 heteroatoms. The smallest absolute Gasteiger partial charge is 0.237 e. The first-order valence-corrected chi connectivity index (χ1v) is 5.85. The second kappa shape index (κ2) is 3.90. The van der Waals surface area contributed by atoms with Crippen molar-refractivity contribution < 1.29 is 4.79 Å². The number of hydrogen-bond donors (Lipinski definition) is 1. The van der Waals surface area contributed by atoms with Gasteiger partial charge in [0.2, 0.25) is 5.91 Å². The summed E-state index contributed by atoms with van der Waals surface area (Å²) in [6.07, 6.45) is 5.88. The van der Waals surface area contributed by atoms with Gasteiger partial charge in [0.15, 0.2) is 0 Å². The van der Waals surface area contributed by atoms with Gasteiger partial charge < -0.3 is 5.32 Å². The molecule has 1 aromatic rings. The van der Waals surface area contributed by atoms with E-state index >= 15 is 0 Å². The zero-order chi connectivity index (χ0) is 11.0. The van der Waals surface area contributed by atoms with Crippen LogP contribution in [0.4, 0.5) is 0 Å². The Morgan fingerprint density at radius 1 is 1.44 bits per heavy atom. The number of piperidine rings is 1. The van der Waals surface area contributed by atoms with E-state index in [0.717, 1.165) is 32.5 Å². The fourth-order valence-electron chi connectivity index (χ4n) is 2.51. The Morgan fingerprint density at radius 2 is 2.31 bits per heavy atom. The summed E-state index contributed by atoms with van der Waals surface area (Å²) < 4.78 is 1.98. The van der Waals surface area contributed by atoms with E-state index in [1.807, 2.05) is 16.9 Å². The number of carbonyl (C=O) groups excluding carboxylic acids is 1. The summed E-state index contributed by atoms with van der Waals surface area (Å²) >= 11 is 0. The first kappa shape index (κ1) is 9.84. The van der Waals surface area contributed by atoms with Crippen LogP contribution >= 0.6 is 0 Å². The molecule has 1 atom stereocenters. The Labute approximate surface area is 94.4 Å². The Balaban J connectivity index is 1.58. The van der Waals surface area contributed by atoms with Crippen LogP contribution in [0.5, 0.6) is 0 Å². The van der Waals surface area contributed by atoms with Crippen molar-refractivity contribution in [2.75, 3.05) is 19.6 Å². The molecular weight excluding hydrogens is 204 g/mol. The van der Waals surface area contributed by atoms with Crippen molar-refractivity contribution >= 4 is 5.91 Å². The van der Waals surface area contributed by atoms with E-state index in [4.69, 9.17) is 0 Å². The molecule has 16 heavy (non-hydrogen) atoms. The molecule has 1 N–H and O–H groups in total. The second-order valence-electron chi connectivity index (χ2n) is 4.54. The summed E-state index contributed by atoms with van der Waals surface area (Å²) in [5.41, 5.74) is 0. The molecule has 2 aliphatic rings. The van der Waals surface area contributed by atoms with E-state index in [9.17, 15) is 4.79 Å². The molecule has 2 aliphatic heterocycles. The van der Waals surface area contributed by atoms with Crippen molar-refractivity contribution in [3.8, 4) is 0 Å². The number of aromatic nitrogens is 2. The van der Waals surface area contributed by atoms with Gasteiger partial charge in [-0.15, -0.1) is 0 Å². The maximum absolute atomic E-state index is 11.6. The molecule has 0 radical (unpaired) electrons. The monoisotopic (exact) mass is 220 g/mol. The van der Waals surface area contributed by atoms with Crippen molar-refractivity contribution in [1.82, 2.24) is 20.0 Å². The van der Waals surface area contributed by atoms with Crippen LogP contribution in [0.25, 0.3) is 0 Å². The third kappa shape index (κ3) is 1.61. The van der Waals surface area contributed by atoms with E-state index in [0.29, 0.717) is 6.04 Å². The average molecular weight is 220 g/mol. The van der Waals surface area contributed by atoms with Gasteiger partial charge in [0.05, 0.1) is 12.1 Å². The Kier molecular flexibility index (Phi) is 2.40. The van der Waals surface area contributed by atoms with Gasteiger partial charge in [-0.05, 0) is 18.9 Å². The number of hydrogen-bond acceptors (Lipinski definition) is 3. The standard InChI is InChI=1S/C11H16N4O/c16-11-10(3-1-4-12-11)14-7-9(8-14)15-6-2-5-13-15/h2,5-6,9-10H,1,3-4,7-8H2,(H,12,16). The number of likely N-dealkylation sites (tertiary alicyclic amines) is 1. The number of carbonyl (C=O) groups is 1. The van der Waals surface area contributed by atoms with Gasteiger partial charge in [0.25, 0.3) is 0 Å². The zero-order valence-corrected chi connectivity index (χ0v) is 9.17. The summed E-state index contributed by atoms with van der Waals surface area (Å²) in [6.45, 7) is 2.73. The van der Waals surface area contributed by atoms with Gasteiger partial charge >= 0.3 is 0 Å². The van der Waals surface area contributed by atoms with Gasteiger partial charge in [-0.2, -0.15) is 5.10 Å². The summed E-state index contributed by atoms with van der Waals surface area (Å²) in [7, 11) is 0. The van der Waals surface area contributed by atoms with Gasteiger partial charge in [-0.25, -0.2) is 0 Å². The molecule has 3 heterocycles. The van der Waals surface area contributed by atoms with E-state index in [-0.39, 0.29) is 11.9 Å². The van der Waals surface area contributed by atoms with Gasteiger partial charge in [0.1, 0.15) is 0 Å². The van der Waals surface area contributed by atoms with Crippen molar-refractivity contribution in [2.45, 2.75) is 24.9 Å². The summed E-state index contributed by atoms with van der Waals surface area (Å²) in [6, 6.07) is 2.49. The minimum Gasteiger partial charge on any atom is -0.355 e. The molecule has 0 saturated carbocycles. The Hall–Kier alpha value is -1.36. The highest BCUT2D eigenvalue weighted by Gasteiger charge is 2.37. The van der Waals surface area contributed by atoms with Crippen LogP contribution in [-0.4, -0.2) is 46.3 Å². The third-order valence-corrected chi connectivity index (χ3v) is 3.49. The molecule has 86 valence electrons. The SMILES string of the molecule is O=C1NCCCC1N1CC(n2cccn2)C1. The van der Waals surface area contributed by atoms with Crippen LogP contribution in [0.2, 0.25) is 0 Å². The Bertz CT molecular complexity index is 369. The molecule has 0 aromatic carbocycles. The first-order chi connectivity index (χ1) is 7.84. The molecule has 2 saturated heterocycles. The lowest BCUT2D eigenvalue weighted by Gasteiger charge is -2.44. The zero-order valence-electron chi connectivity index (χ0n) is 9.17. The summed E-state index contributed by atoms with van der Waals surface area (Å²) in [5.74, 6) is 0.199. The lowest BCUT2D eigenvalue weighted by Crippen LogP contribution is -2.59. The normalized spacial score (nSPS) is 27.5. The predicted molar refractivity (Wildman–Crippen MR) is 58.9 cm³/mol. The second-order valence-corrected chi connectivity index (χ2v) is 4.54. The van der Waals surface area contributed by atoms with Gasteiger partial charge in [-0.1, -0.05) is 0 Å². The molecule has 1 amide bonds. The highest BCUT2D eigenvalue weighted by Crippen LogP contribution is 2.25. The number of nitrogens with one attached hydrogen (secondary N) is 1. The van der Waals surface area contributed by atoms with E-state index in [1.165, 1.54) is 0 Å². The van der Waals surface area contributed by atoms with Crippen LogP contribution in [0.3, 0.4) is 0 Å². The molecule has 1 aromatic heterocycles. The molecule has 0 spiro atoms. The molecule has 1 unspecified atom stereocenters. The fourth-order valence-corrected chi connectivity index (χ4v) is 2.51. The first-order valence-electron chi connectivity index (χ1n) is 5.85. The van der Waals surface area contributed by atoms with Crippen molar-refractivity contribution in [3.63, 3.8) is 0 Å². The van der Waals surface area contributed by atoms with Crippen molar-refractivity contribution in [1.29, 1.82) is 0 Å². The van der Waals surface area contributed by atoms with E-state index in [1.54, 1.807) is 6.20 Å². The fraction of sp³-hybridized carbons (Fsp3) is 0.636. The maximum atomic E-state index is 11.6. The van der Waals surface area contributed by atoms with Crippen molar-refractivity contribution in [2.24, 2.45) is 0 Å². The van der Waals surface area contributed by atoms with Crippen LogP contribution in [0, 0.1) is 0 Å². The number of amides is 1. The lowest BCUT2D eigenvalue weighted by molar-refractivity contribution is -0.131. The molecule has 2 fully saturated rings. The highest BCUT2D eigenvalue weighted by molar-refractivity contribution is 5.82. The minimum absolute atomic E-state index is 0.0977. The van der Waals surface area contributed by atoms with E-state index in [2.05, 4.69) is 15.3 Å². The number of nitrogens with zero attached hydrogens (tertiary/aromatic N) is 3. The molecular formula is C11H16N4O. The molecule has 3 rings (SSSR count). The molecule has 5 nitrogen and oxygen atoms in total. The van der Waals surface area contributed by atoms with Crippen LogP contribution in [0.15, 0.2) is 18.5 Å². The maximum Gasteiger partial charge on any atom is 0.237 e. The van der Waals surface area contributed by atoms with Crippen LogP contribution < -0.4 is 5.32 Å².